The molecule has 0 aliphatic heterocycles. The van der Waals surface area contributed by atoms with E-state index in [1.165, 1.54) is 25.7 Å². The Morgan fingerprint density at radius 2 is 2.12 bits per heavy atom. The molecule has 0 aromatic carbocycles. The first-order chi connectivity index (χ1) is 7.56. The molecule has 1 aliphatic rings. The second-order valence-electron chi connectivity index (χ2n) is 4.67. The van der Waals surface area contributed by atoms with Crippen molar-refractivity contribution in [2.24, 2.45) is 5.73 Å². The molecule has 0 aromatic heterocycles. The van der Waals surface area contributed by atoms with Crippen LogP contribution in [0.15, 0.2) is 0 Å². The van der Waals surface area contributed by atoms with Crippen LogP contribution < -0.4 is 5.73 Å². The minimum Gasteiger partial charge on any atom is -0.465 e. The lowest BCUT2D eigenvalue weighted by Crippen LogP contribution is -2.46. The first-order valence-corrected chi connectivity index (χ1v) is 7.19. The van der Waals surface area contributed by atoms with E-state index in [0.29, 0.717) is 13.0 Å². The van der Waals surface area contributed by atoms with Gasteiger partial charge in [0.2, 0.25) is 0 Å². The Bertz CT molecular complexity index is 225. The quantitative estimate of drug-likeness (QED) is 0.730. The Hall–Kier alpha value is -0.220. The molecule has 1 atom stereocenters. The molecule has 1 unspecified atom stereocenters. The SMILES string of the molecule is CCOC(=O)C(C)(N)CCSC1CCCC1. The molecule has 0 aromatic rings. The third-order valence-electron chi connectivity index (χ3n) is 3.02. The Kier molecular flexibility index (Phi) is 5.62. The summed E-state index contributed by atoms with van der Waals surface area (Å²) < 4.78 is 4.96. The van der Waals surface area contributed by atoms with Gasteiger partial charge in [-0.25, -0.2) is 0 Å². The highest BCUT2D eigenvalue weighted by molar-refractivity contribution is 7.99. The lowest BCUT2D eigenvalue weighted by molar-refractivity contribution is -0.149. The van der Waals surface area contributed by atoms with Gasteiger partial charge >= 0.3 is 5.97 Å². The number of hydrogen-bond donors (Lipinski definition) is 1. The van der Waals surface area contributed by atoms with Crippen molar-refractivity contribution >= 4 is 17.7 Å². The van der Waals surface area contributed by atoms with Crippen molar-refractivity contribution in [3.8, 4) is 0 Å². The highest BCUT2D eigenvalue weighted by Crippen LogP contribution is 2.30. The van der Waals surface area contributed by atoms with E-state index >= 15 is 0 Å². The fraction of sp³-hybridized carbons (Fsp3) is 0.917. The summed E-state index contributed by atoms with van der Waals surface area (Å²) in [7, 11) is 0. The van der Waals surface area contributed by atoms with E-state index in [9.17, 15) is 4.79 Å². The van der Waals surface area contributed by atoms with E-state index in [-0.39, 0.29) is 5.97 Å². The number of thioether (sulfide) groups is 1. The molecule has 0 saturated heterocycles. The summed E-state index contributed by atoms with van der Waals surface area (Å²) in [5.41, 5.74) is 5.13. The number of carbonyl (C=O) groups is 1. The van der Waals surface area contributed by atoms with Gasteiger partial charge in [0.05, 0.1) is 6.61 Å². The zero-order valence-electron chi connectivity index (χ0n) is 10.3. The van der Waals surface area contributed by atoms with Crippen LogP contribution in [0.3, 0.4) is 0 Å². The van der Waals surface area contributed by atoms with E-state index in [0.717, 1.165) is 11.0 Å². The molecule has 0 radical (unpaired) electrons. The third kappa shape index (κ3) is 4.34. The molecule has 94 valence electrons. The van der Waals surface area contributed by atoms with E-state index < -0.39 is 5.54 Å². The second-order valence-corrected chi connectivity index (χ2v) is 6.07. The summed E-state index contributed by atoms with van der Waals surface area (Å²) in [5, 5.41) is 0.790. The van der Waals surface area contributed by atoms with Crippen LogP contribution in [0, 0.1) is 0 Å². The minimum atomic E-state index is -0.818. The van der Waals surface area contributed by atoms with Crippen LogP contribution in [0.25, 0.3) is 0 Å². The van der Waals surface area contributed by atoms with Crippen LogP contribution in [0.4, 0.5) is 0 Å². The molecule has 1 fully saturated rings. The van der Waals surface area contributed by atoms with Gasteiger partial charge in [0.15, 0.2) is 0 Å². The molecule has 0 bridgehead atoms. The standard InChI is InChI=1S/C12H23NO2S/c1-3-15-11(14)12(2,13)8-9-16-10-6-4-5-7-10/h10H,3-9,13H2,1-2H3. The predicted molar refractivity (Wildman–Crippen MR) is 68.6 cm³/mol. The van der Waals surface area contributed by atoms with Gasteiger partial charge in [-0.2, -0.15) is 11.8 Å². The number of esters is 1. The molecule has 16 heavy (non-hydrogen) atoms. The highest BCUT2D eigenvalue weighted by Gasteiger charge is 2.29. The smallest absolute Gasteiger partial charge is 0.325 e. The lowest BCUT2D eigenvalue weighted by atomic mass is 10.0. The van der Waals surface area contributed by atoms with E-state index in [2.05, 4.69) is 0 Å². The summed E-state index contributed by atoms with van der Waals surface area (Å²) in [5.74, 6) is 0.679. The van der Waals surface area contributed by atoms with Crippen molar-refractivity contribution in [1.29, 1.82) is 0 Å². The summed E-state index contributed by atoms with van der Waals surface area (Å²) >= 11 is 1.96. The Morgan fingerprint density at radius 3 is 2.69 bits per heavy atom. The molecule has 1 saturated carbocycles. The summed E-state index contributed by atoms with van der Waals surface area (Å²) in [4.78, 5) is 11.5. The monoisotopic (exact) mass is 245 g/mol. The first-order valence-electron chi connectivity index (χ1n) is 6.14. The van der Waals surface area contributed by atoms with Crippen molar-refractivity contribution < 1.29 is 9.53 Å². The van der Waals surface area contributed by atoms with Crippen LogP contribution >= 0.6 is 11.8 Å². The van der Waals surface area contributed by atoms with Crippen molar-refractivity contribution in [1.82, 2.24) is 0 Å². The lowest BCUT2D eigenvalue weighted by Gasteiger charge is -2.22. The van der Waals surface area contributed by atoms with Crippen molar-refractivity contribution in [2.45, 2.75) is 56.7 Å². The van der Waals surface area contributed by atoms with Crippen LogP contribution in [0.2, 0.25) is 0 Å². The van der Waals surface area contributed by atoms with Crippen LogP contribution in [0.5, 0.6) is 0 Å². The minimum absolute atomic E-state index is 0.276. The maximum Gasteiger partial charge on any atom is 0.325 e. The Balaban J connectivity index is 2.21. The van der Waals surface area contributed by atoms with Crippen molar-refractivity contribution in [3.05, 3.63) is 0 Å². The number of rotatable bonds is 6. The molecule has 4 heteroatoms. The van der Waals surface area contributed by atoms with Crippen LogP contribution in [-0.4, -0.2) is 29.1 Å². The average Bonchev–Trinajstić information content (AvgIpc) is 2.70. The average molecular weight is 245 g/mol. The van der Waals surface area contributed by atoms with E-state index in [4.69, 9.17) is 10.5 Å². The molecule has 3 nitrogen and oxygen atoms in total. The van der Waals surface area contributed by atoms with Crippen LogP contribution in [0.1, 0.15) is 46.0 Å². The van der Waals surface area contributed by atoms with Crippen molar-refractivity contribution in [2.75, 3.05) is 12.4 Å². The van der Waals surface area contributed by atoms with Gasteiger partial charge in [0, 0.05) is 5.25 Å². The fourth-order valence-corrected chi connectivity index (χ4v) is 3.43. The zero-order valence-corrected chi connectivity index (χ0v) is 11.1. The van der Waals surface area contributed by atoms with E-state index in [1.54, 1.807) is 13.8 Å². The van der Waals surface area contributed by atoms with Gasteiger partial charge < -0.3 is 10.5 Å². The summed E-state index contributed by atoms with van der Waals surface area (Å²) in [6.45, 7) is 3.98. The zero-order chi connectivity index (χ0) is 12.0. The van der Waals surface area contributed by atoms with Gasteiger partial charge in [-0.3, -0.25) is 4.79 Å². The molecule has 0 heterocycles. The summed E-state index contributed by atoms with van der Waals surface area (Å²) in [6, 6.07) is 0. The first kappa shape index (κ1) is 13.8. The molecule has 1 aliphatic carbocycles. The molecule has 0 spiro atoms. The maximum absolute atomic E-state index is 11.5. The van der Waals surface area contributed by atoms with Gasteiger partial charge in [0.25, 0.3) is 0 Å². The number of nitrogens with two attached hydrogens (primary N) is 1. The second kappa shape index (κ2) is 6.50. The van der Waals surface area contributed by atoms with Gasteiger partial charge in [-0.15, -0.1) is 0 Å². The Morgan fingerprint density at radius 1 is 1.50 bits per heavy atom. The van der Waals surface area contributed by atoms with Gasteiger partial charge in [-0.1, -0.05) is 12.8 Å². The summed E-state index contributed by atoms with van der Waals surface area (Å²) in [6.07, 6.45) is 6.06. The molecular weight excluding hydrogens is 222 g/mol. The maximum atomic E-state index is 11.5. The van der Waals surface area contributed by atoms with Gasteiger partial charge in [-0.05, 0) is 38.9 Å². The van der Waals surface area contributed by atoms with Gasteiger partial charge in [0.1, 0.15) is 5.54 Å². The Labute approximate surface area is 102 Å². The largest absolute Gasteiger partial charge is 0.465 e. The molecule has 2 N–H and O–H groups in total. The predicted octanol–water partition coefficient (Wildman–Crippen LogP) is 2.33. The molecule has 0 amide bonds. The molecule has 1 rings (SSSR count). The van der Waals surface area contributed by atoms with Crippen LogP contribution in [-0.2, 0) is 9.53 Å². The number of carbonyl (C=O) groups excluding carboxylic acids is 1. The number of ether oxygens (including phenoxy) is 1. The highest BCUT2D eigenvalue weighted by atomic mass is 32.2. The number of hydrogen-bond acceptors (Lipinski definition) is 4. The normalized spacial score (nSPS) is 20.7. The van der Waals surface area contributed by atoms with Crippen molar-refractivity contribution in [3.63, 3.8) is 0 Å². The topological polar surface area (TPSA) is 52.3 Å². The molecular formula is C12H23NO2S. The third-order valence-corrected chi connectivity index (χ3v) is 4.40. The van der Waals surface area contributed by atoms with E-state index in [1.807, 2.05) is 11.8 Å². The fourth-order valence-electron chi connectivity index (χ4n) is 1.89.